The van der Waals surface area contributed by atoms with Crippen LogP contribution in [0.25, 0.3) is 0 Å². The summed E-state index contributed by atoms with van der Waals surface area (Å²) in [6.07, 6.45) is 6.04. The minimum atomic E-state index is 0.262. The number of anilines is 3. The van der Waals surface area contributed by atoms with E-state index >= 15 is 0 Å². The van der Waals surface area contributed by atoms with Gasteiger partial charge in [-0.05, 0) is 36.6 Å². The van der Waals surface area contributed by atoms with Gasteiger partial charge in [-0.1, -0.05) is 36.4 Å². The van der Waals surface area contributed by atoms with Gasteiger partial charge in [-0.15, -0.1) is 0 Å². The minimum Gasteiger partial charge on any atom is -0.488 e. The van der Waals surface area contributed by atoms with Crippen molar-refractivity contribution in [3.63, 3.8) is 0 Å². The van der Waals surface area contributed by atoms with Gasteiger partial charge in [0.05, 0.1) is 11.3 Å². The van der Waals surface area contributed by atoms with Gasteiger partial charge in [-0.3, -0.25) is 0 Å². The molecule has 0 saturated carbocycles. The number of benzene rings is 2. The van der Waals surface area contributed by atoms with Gasteiger partial charge in [0.2, 0.25) is 5.95 Å². The van der Waals surface area contributed by atoms with Crippen LogP contribution in [0.3, 0.4) is 0 Å². The van der Waals surface area contributed by atoms with Crippen LogP contribution in [0.15, 0.2) is 60.7 Å². The van der Waals surface area contributed by atoms with Gasteiger partial charge in [-0.25, -0.2) is 4.98 Å². The number of rotatable bonds is 1. The molecule has 0 amide bonds. The molecular formula is C25H23N5O. The van der Waals surface area contributed by atoms with Crippen LogP contribution in [0.5, 0.6) is 5.75 Å². The van der Waals surface area contributed by atoms with E-state index in [1.54, 1.807) is 6.07 Å². The van der Waals surface area contributed by atoms with Crippen molar-refractivity contribution in [3.8, 4) is 11.8 Å². The highest BCUT2D eigenvalue weighted by Gasteiger charge is 2.30. The minimum absolute atomic E-state index is 0.262. The molecule has 3 aromatic rings. The zero-order valence-electron chi connectivity index (χ0n) is 17.4. The Kier molecular flexibility index (Phi) is 5.01. The van der Waals surface area contributed by atoms with E-state index in [-0.39, 0.29) is 5.92 Å². The lowest BCUT2D eigenvalue weighted by Crippen LogP contribution is -2.21. The summed E-state index contributed by atoms with van der Waals surface area (Å²) in [5, 5.41) is 12.7. The molecule has 0 spiro atoms. The second-order valence-electron chi connectivity index (χ2n) is 7.85. The van der Waals surface area contributed by atoms with Crippen molar-refractivity contribution in [2.24, 2.45) is 0 Å². The topological polar surface area (TPSA) is 74.1 Å². The quantitative estimate of drug-likeness (QED) is 0.594. The van der Waals surface area contributed by atoms with E-state index in [0.717, 1.165) is 30.0 Å². The molecule has 1 aromatic heterocycles. The molecule has 6 nitrogen and oxygen atoms in total. The number of nitriles is 1. The fraction of sp³-hybridized carbons (Fsp3) is 0.240. The lowest BCUT2D eigenvalue weighted by molar-refractivity contribution is 0.362. The van der Waals surface area contributed by atoms with Crippen LogP contribution in [-0.4, -0.2) is 30.2 Å². The first-order valence-corrected chi connectivity index (χ1v) is 10.5. The van der Waals surface area contributed by atoms with Gasteiger partial charge in [0, 0.05) is 36.8 Å². The van der Waals surface area contributed by atoms with Crippen LogP contribution in [0.1, 0.15) is 34.7 Å². The van der Waals surface area contributed by atoms with Crippen molar-refractivity contribution in [1.82, 2.24) is 9.97 Å². The Balaban J connectivity index is 1.62. The van der Waals surface area contributed by atoms with Crippen LogP contribution in [0.2, 0.25) is 0 Å². The summed E-state index contributed by atoms with van der Waals surface area (Å²) < 4.78 is 5.82. The Hall–Kier alpha value is -3.85. The molecular weight excluding hydrogens is 386 g/mol. The van der Waals surface area contributed by atoms with Crippen molar-refractivity contribution in [3.05, 3.63) is 83.1 Å². The second-order valence-corrected chi connectivity index (χ2v) is 7.85. The number of hydrogen-bond acceptors (Lipinski definition) is 6. The molecule has 1 N–H and O–H groups in total. The van der Waals surface area contributed by atoms with Gasteiger partial charge in [-0.2, -0.15) is 10.2 Å². The molecule has 31 heavy (non-hydrogen) atoms. The first-order chi connectivity index (χ1) is 15.2. The Morgan fingerprint density at radius 3 is 2.84 bits per heavy atom. The maximum atomic E-state index is 9.39. The smallest absolute Gasteiger partial charge is 0.229 e. The molecule has 2 aromatic carbocycles. The van der Waals surface area contributed by atoms with Crippen molar-refractivity contribution in [1.29, 1.82) is 5.26 Å². The number of nitrogens with zero attached hydrogens (tertiary/aromatic N) is 4. The molecule has 1 atom stereocenters. The van der Waals surface area contributed by atoms with Crippen LogP contribution in [0, 0.1) is 11.3 Å². The van der Waals surface area contributed by atoms with E-state index < -0.39 is 0 Å². The molecule has 0 fully saturated rings. The van der Waals surface area contributed by atoms with Gasteiger partial charge in [0.15, 0.2) is 0 Å². The van der Waals surface area contributed by atoms with Crippen molar-refractivity contribution in [2.45, 2.75) is 18.8 Å². The molecule has 154 valence electrons. The highest BCUT2D eigenvalue weighted by molar-refractivity contribution is 5.63. The number of ether oxygens (including phenoxy) is 1. The molecule has 0 saturated heterocycles. The third-order valence-corrected chi connectivity index (χ3v) is 5.83. The zero-order chi connectivity index (χ0) is 21.2. The van der Waals surface area contributed by atoms with Gasteiger partial charge >= 0.3 is 0 Å². The van der Waals surface area contributed by atoms with E-state index in [1.165, 1.54) is 11.1 Å². The summed E-state index contributed by atoms with van der Waals surface area (Å²) in [4.78, 5) is 12.0. The molecule has 2 heterocycles. The van der Waals surface area contributed by atoms with Crippen molar-refractivity contribution in [2.75, 3.05) is 30.4 Å². The van der Waals surface area contributed by atoms with Gasteiger partial charge in [0.1, 0.15) is 24.2 Å². The maximum absolute atomic E-state index is 9.39. The van der Waals surface area contributed by atoms with Crippen LogP contribution in [-0.2, 0) is 6.42 Å². The van der Waals surface area contributed by atoms with E-state index in [4.69, 9.17) is 14.7 Å². The Morgan fingerprint density at radius 2 is 2.00 bits per heavy atom. The third kappa shape index (κ3) is 3.71. The molecule has 6 heteroatoms. The summed E-state index contributed by atoms with van der Waals surface area (Å²) in [6, 6.07) is 18.2. The Bertz CT molecular complexity index is 1180. The number of hydrogen-bond donors (Lipinski definition) is 1. The molecule has 1 aliphatic carbocycles. The molecule has 2 aliphatic rings. The van der Waals surface area contributed by atoms with Crippen LogP contribution >= 0.6 is 0 Å². The SMILES string of the molecule is CN1CC=CCOc2cc(ccc2C#N)Nc2nc3c(c1n2)CCC3c1ccccc1. The largest absolute Gasteiger partial charge is 0.488 e. The normalized spacial score (nSPS) is 17.3. The van der Waals surface area contributed by atoms with Crippen molar-refractivity contribution < 1.29 is 4.74 Å². The van der Waals surface area contributed by atoms with E-state index in [1.807, 2.05) is 24.3 Å². The average molecular weight is 409 g/mol. The average Bonchev–Trinajstić information content (AvgIpc) is 3.22. The zero-order valence-corrected chi connectivity index (χ0v) is 17.4. The van der Waals surface area contributed by atoms with Gasteiger partial charge < -0.3 is 15.0 Å². The third-order valence-electron chi connectivity index (χ3n) is 5.83. The molecule has 1 aliphatic heterocycles. The Morgan fingerprint density at radius 1 is 1.13 bits per heavy atom. The summed E-state index contributed by atoms with van der Waals surface area (Å²) in [5.41, 5.74) is 4.90. The predicted octanol–water partition coefficient (Wildman–Crippen LogP) is 4.55. The second kappa shape index (κ2) is 8.11. The maximum Gasteiger partial charge on any atom is 0.229 e. The molecule has 0 radical (unpaired) electrons. The standard InChI is InChI=1S/C25H23N5O/c1-30-13-5-6-14-31-22-15-19(10-9-18(22)16-26)27-25-28-23-20(17-7-3-2-4-8-17)11-12-21(23)24(30)29-25/h2-10,15,20H,11-14H2,1H3,(H,27,28,29). The van der Waals surface area contributed by atoms with Crippen LogP contribution < -0.4 is 15.0 Å². The fourth-order valence-corrected chi connectivity index (χ4v) is 4.29. The summed E-state index contributed by atoms with van der Waals surface area (Å²) in [6.45, 7) is 1.12. The lowest BCUT2D eigenvalue weighted by Gasteiger charge is -2.21. The number of aromatic nitrogens is 2. The number of fused-ring (bicyclic) bond motifs is 6. The molecule has 1 unspecified atom stereocenters. The summed E-state index contributed by atoms with van der Waals surface area (Å²) >= 11 is 0. The summed E-state index contributed by atoms with van der Waals surface area (Å²) in [7, 11) is 2.06. The van der Waals surface area contributed by atoms with Gasteiger partial charge in [0.25, 0.3) is 0 Å². The number of nitrogens with one attached hydrogen (secondary N) is 1. The van der Waals surface area contributed by atoms with E-state index in [9.17, 15) is 5.26 Å². The first kappa shape index (κ1) is 19.1. The first-order valence-electron chi connectivity index (χ1n) is 10.5. The monoisotopic (exact) mass is 409 g/mol. The highest BCUT2D eigenvalue weighted by Crippen LogP contribution is 2.41. The molecule has 4 bridgehead atoms. The van der Waals surface area contributed by atoms with Crippen molar-refractivity contribution >= 4 is 17.5 Å². The fourth-order valence-electron chi connectivity index (χ4n) is 4.29. The highest BCUT2D eigenvalue weighted by atomic mass is 16.5. The lowest BCUT2D eigenvalue weighted by atomic mass is 9.97. The van der Waals surface area contributed by atoms with E-state index in [0.29, 0.717) is 30.4 Å². The van der Waals surface area contributed by atoms with E-state index in [2.05, 4.69) is 53.7 Å². The Labute approximate surface area is 181 Å². The number of likely N-dealkylation sites (N-methyl/N-ethyl adjacent to an activating group) is 1. The predicted molar refractivity (Wildman–Crippen MR) is 121 cm³/mol. The van der Waals surface area contributed by atoms with Crippen LogP contribution in [0.4, 0.5) is 17.5 Å². The molecule has 5 rings (SSSR count). The summed E-state index contributed by atoms with van der Waals surface area (Å²) in [5.74, 6) is 2.33.